The van der Waals surface area contributed by atoms with Gasteiger partial charge in [0.2, 0.25) is 0 Å². The monoisotopic (exact) mass is 251 g/mol. The number of rotatable bonds is 2. The lowest BCUT2D eigenvalue weighted by atomic mass is 10.0. The zero-order chi connectivity index (χ0) is 13.3. The minimum Gasteiger partial charge on any atom is -0.369 e. The second-order valence-corrected chi connectivity index (χ2v) is 5.24. The Morgan fingerprint density at radius 1 is 1.22 bits per heavy atom. The standard InChI is InChI=1S/C14H22FN3/c1-10-8-14(12(11(2)16)9-13(10)15)18-6-4-17(3)5-7-18/h8-9,11H,4-7,16H2,1-3H3/t11-/m0/s1. The molecule has 0 bridgehead atoms. The highest BCUT2D eigenvalue weighted by molar-refractivity contribution is 5.57. The zero-order valence-corrected chi connectivity index (χ0v) is 11.4. The first-order chi connectivity index (χ1) is 8.49. The van der Waals surface area contributed by atoms with E-state index in [1.807, 2.05) is 13.0 Å². The van der Waals surface area contributed by atoms with E-state index in [2.05, 4.69) is 16.8 Å². The number of likely N-dealkylation sites (N-methyl/N-ethyl adjacent to an activating group) is 1. The Morgan fingerprint density at radius 2 is 1.83 bits per heavy atom. The number of nitrogens with two attached hydrogens (primary N) is 1. The maximum absolute atomic E-state index is 13.7. The molecule has 3 nitrogen and oxygen atoms in total. The minimum atomic E-state index is -0.167. The lowest BCUT2D eigenvalue weighted by Crippen LogP contribution is -2.45. The highest BCUT2D eigenvalue weighted by atomic mass is 19.1. The van der Waals surface area contributed by atoms with Gasteiger partial charge in [-0.15, -0.1) is 0 Å². The molecule has 0 saturated carbocycles. The van der Waals surface area contributed by atoms with Crippen LogP contribution < -0.4 is 10.6 Å². The van der Waals surface area contributed by atoms with E-state index in [0.29, 0.717) is 5.56 Å². The molecule has 4 heteroatoms. The fourth-order valence-corrected chi connectivity index (χ4v) is 2.37. The van der Waals surface area contributed by atoms with E-state index in [1.54, 1.807) is 13.0 Å². The smallest absolute Gasteiger partial charge is 0.126 e. The molecule has 0 aliphatic carbocycles. The third-order valence-corrected chi connectivity index (χ3v) is 3.64. The van der Waals surface area contributed by atoms with Gasteiger partial charge in [0.25, 0.3) is 0 Å². The van der Waals surface area contributed by atoms with E-state index >= 15 is 0 Å². The van der Waals surface area contributed by atoms with Crippen molar-refractivity contribution in [2.75, 3.05) is 38.1 Å². The molecule has 100 valence electrons. The molecule has 1 atom stereocenters. The zero-order valence-electron chi connectivity index (χ0n) is 11.4. The Labute approximate surface area is 108 Å². The van der Waals surface area contributed by atoms with Gasteiger partial charge in [0, 0.05) is 37.9 Å². The van der Waals surface area contributed by atoms with Crippen molar-refractivity contribution in [2.45, 2.75) is 19.9 Å². The molecule has 1 saturated heterocycles. The summed E-state index contributed by atoms with van der Waals surface area (Å²) in [6.45, 7) is 7.73. The Hall–Kier alpha value is -1.13. The van der Waals surface area contributed by atoms with E-state index in [9.17, 15) is 4.39 Å². The maximum atomic E-state index is 13.7. The average molecular weight is 251 g/mol. The fraction of sp³-hybridized carbons (Fsp3) is 0.571. The summed E-state index contributed by atoms with van der Waals surface area (Å²) in [6, 6.07) is 3.38. The summed E-state index contributed by atoms with van der Waals surface area (Å²) in [5.74, 6) is -0.167. The molecule has 0 spiro atoms. The van der Waals surface area contributed by atoms with Crippen LogP contribution in [0.25, 0.3) is 0 Å². The first-order valence-corrected chi connectivity index (χ1v) is 6.48. The summed E-state index contributed by atoms with van der Waals surface area (Å²) >= 11 is 0. The number of hydrogen-bond donors (Lipinski definition) is 1. The van der Waals surface area contributed by atoms with Crippen LogP contribution in [0, 0.1) is 12.7 Å². The molecule has 0 radical (unpaired) electrons. The van der Waals surface area contributed by atoms with Crippen LogP contribution >= 0.6 is 0 Å². The summed E-state index contributed by atoms with van der Waals surface area (Å²) < 4.78 is 13.7. The molecule has 2 N–H and O–H groups in total. The number of aryl methyl sites for hydroxylation is 1. The molecule has 0 amide bonds. The summed E-state index contributed by atoms with van der Waals surface area (Å²) in [5.41, 5.74) is 8.65. The van der Waals surface area contributed by atoms with E-state index in [-0.39, 0.29) is 11.9 Å². The summed E-state index contributed by atoms with van der Waals surface area (Å²) in [4.78, 5) is 4.61. The van der Waals surface area contributed by atoms with Crippen molar-refractivity contribution >= 4 is 5.69 Å². The lowest BCUT2D eigenvalue weighted by Gasteiger charge is -2.36. The summed E-state index contributed by atoms with van der Waals surface area (Å²) in [5, 5.41) is 0. The van der Waals surface area contributed by atoms with Crippen molar-refractivity contribution in [1.29, 1.82) is 0 Å². The van der Waals surface area contributed by atoms with Crippen molar-refractivity contribution in [1.82, 2.24) is 4.90 Å². The maximum Gasteiger partial charge on any atom is 0.126 e. The Kier molecular flexibility index (Phi) is 3.88. The molecule has 0 unspecified atom stereocenters. The van der Waals surface area contributed by atoms with Crippen LogP contribution in [0.15, 0.2) is 12.1 Å². The van der Waals surface area contributed by atoms with Gasteiger partial charge < -0.3 is 15.5 Å². The second kappa shape index (κ2) is 5.24. The molecule has 1 aliphatic rings. The molecule has 1 aromatic carbocycles. The van der Waals surface area contributed by atoms with Gasteiger partial charge in [0.1, 0.15) is 5.82 Å². The number of hydrogen-bond acceptors (Lipinski definition) is 3. The van der Waals surface area contributed by atoms with Crippen LogP contribution in [0.3, 0.4) is 0 Å². The van der Waals surface area contributed by atoms with E-state index < -0.39 is 0 Å². The third-order valence-electron chi connectivity index (χ3n) is 3.64. The summed E-state index contributed by atoms with van der Waals surface area (Å²) in [7, 11) is 2.12. The predicted molar refractivity (Wildman–Crippen MR) is 73.4 cm³/mol. The minimum absolute atomic E-state index is 0.144. The highest BCUT2D eigenvalue weighted by Gasteiger charge is 2.19. The molecule has 1 aliphatic heterocycles. The quantitative estimate of drug-likeness (QED) is 0.871. The Morgan fingerprint density at radius 3 is 2.39 bits per heavy atom. The van der Waals surface area contributed by atoms with Crippen molar-refractivity contribution in [3.8, 4) is 0 Å². The van der Waals surface area contributed by atoms with Crippen LogP contribution in [0.1, 0.15) is 24.1 Å². The van der Waals surface area contributed by atoms with Crippen LogP contribution in [-0.4, -0.2) is 38.1 Å². The number of nitrogens with zero attached hydrogens (tertiary/aromatic N) is 2. The second-order valence-electron chi connectivity index (χ2n) is 5.24. The molecule has 1 heterocycles. The molecule has 1 aromatic rings. The van der Waals surface area contributed by atoms with E-state index in [1.165, 1.54) is 0 Å². The fourth-order valence-electron chi connectivity index (χ4n) is 2.37. The average Bonchev–Trinajstić information content (AvgIpc) is 2.33. The SMILES string of the molecule is Cc1cc(N2CCN(C)CC2)c([C@H](C)N)cc1F. The van der Waals surface area contributed by atoms with Gasteiger partial charge in [0.15, 0.2) is 0 Å². The van der Waals surface area contributed by atoms with Crippen LogP contribution in [0.2, 0.25) is 0 Å². The number of piperazine rings is 1. The van der Waals surface area contributed by atoms with E-state index in [0.717, 1.165) is 37.4 Å². The van der Waals surface area contributed by atoms with Crippen LogP contribution in [-0.2, 0) is 0 Å². The first kappa shape index (κ1) is 13.3. The number of benzene rings is 1. The summed E-state index contributed by atoms with van der Waals surface area (Å²) in [6.07, 6.45) is 0. The Bertz CT molecular complexity index is 423. The molecule has 1 fully saturated rings. The van der Waals surface area contributed by atoms with Gasteiger partial charge in [-0.05, 0) is 44.2 Å². The van der Waals surface area contributed by atoms with Gasteiger partial charge in [-0.3, -0.25) is 0 Å². The highest BCUT2D eigenvalue weighted by Crippen LogP contribution is 2.29. The normalized spacial score (nSPS) is 19.1. The van der Waals surface area contributed by atoms with E-state index in [4.69, 9.17) is 5.73 Å². The van der Waals surface area contributed by atoms with Gasteiger partial charge in [-0.2, -0.15) is 0 Å². The Balaban J connectivity index is 2.33. The largest absolute Gasteiger partial charge is 0.369 e. The van der Waals surface area contributed by atoms with Crippen LogP contribution in [0.5, 0.6) is 0 Å². The van der Waals surface area contributed by atoms with Crippen molar-refractivity contribution < 1.29 is 4.39 Å². The van der Waals surface area contributed by atoms with Crippen molar-refractivity contribution in [3.63, 3.8) is 0 Å². The molecule has 18 heavy (non-hydrogen) atoms. The molecular formula is C14H22FN3. The third kappa shape index (κ3) is 2.65. The lowest BCUT2D eigenvalue weighted by molar-refractivity contribution is 0.312. The van der Waals surface area contributed by atoms with Crippen molar-refractivity contribution in [3.05, 3.63) is 29.1 Å². The molecule has 0 aromatic heterocycles. The topological polar surface area (TPSA) is 32.5 Å². The van der Waals surface area contributed by atoms with Crippen molar-refractivity contribution in [2.24, 2.45) is 5.73 Å². The number of anilines is 1. The first-order valence-electron chi connectivity index (χ1n) is 6.48. The molecule has 2 rings (SSSR count). The molecular weight excluding hydrogens is 229 g/mol. The predicted octanol–water partition coefficient (Wildman–Crippen LogP) is 1.91. The van der Waals surface area contributed by atoms with Gasteiger partial charge in [-0.1, -0.05) is 0 Å². The van der Waals surface area contributed by atoms with Gasteiger partial charge in [-0.25, -0.2) is 4.39 Å². The van der Waals surface area contributed by atoms with Gasteiger partial charge in [0.05, 0.1) is 0 Å². The van der Waals surface area contributed by atoms with Crippen LogP contribution in [0.4, 0.5) is 10.1 Å². The number of halogens is 1. The van der Waals surface area contributed by atoms with Gasteiger partial charge >= 0.3 is 0 Å².